The molecule has 1 aromatic carbocycles. The molecule has 2 atom stereocenters. The van der Waals surface area contributed by atoms with Crippen molar-refractivity contribution in [1.29, 1.82) is 0 Å². The molecule has 0 radical (unpaired) electrons. The molecule has 3 rings (SSSR count). The molecule has 2 unspecified atom stereocenters. The van der Waals surface area contributed by atoms with Crippen LogP contribution in [0.25, 0.3) is 0 Å². The van der Waals surface area contributed by atoms with Crippen molar-refractivity contribution >= 4 is 0 Å². The number of ether oxygens (including phenoxy) is 1. The first-order valence-electron chi connectivity index (χ1n) is 7.45. The van der Waals surface area contributed by atoms with Crippen molar-refractivity contribution in [2.75, 3.05) is 7.11 Å². The van der Waals surface area contributed by atoms with Gasteiger partial charge < -0.3 is 15.0 Å². The third kappa shape index (κ3) is 3.42. The van der Waals surface area contributed by atoms with E-state index in [1.54, 1.807) is 7.11 Å². The van der Waals surface area contributed by atoms with Crippen LogP contribution in [0.4, 0.5) is 0 Å². The molecule has 5 nitrogen and oxygen atoms in total. The Kier molecular flexibility index (Phi) is 4.20. The fourth-order valence-electron chi connectivity index (χ4n) is 2.92. The summed E-state index contributed by atoms with van der Waals surface area (Å²) in [5.41, 5.74) is 7.13. The maximum atomic E-state index is 6.02. The fraction of sp³-hybridized carbons (Fsp3) is 0.500. The van der Waals surface area contributed by atoms with E-state index in [1.807, 2.05) is 24.3 Å². The Morgan fingerprint density at radius 3 is 3.10 bits per heavy atom. The van der Waals surface area contributed by atoms with Gasteiger partial charge in [0.2, 0.25) is 5.89 Å². The monoisotopic (exact) mass is 287 g/mol. The lowest BCUT2D eigenvalue weighted by Crippen LogP contribution is -2.26. The van der Waals surface area contributed by atoms with Gasteiger partial charge in [0.15, 0.2) is 5.82 Å². The summed E-state index contributed by atoms with van der Waals surface area (Å²) in [6, 6.07) is 8.18. The van der Waals surface area contributed by atoms with Gasteiger partial charge >= 0.3 is 0 Å². The van der Waals surface area contributed by atoms with E-state index in [2.05, 4.69) is 10.1 Å². The quantitative estimate of drug-likeness (QED) is 0.935. The van der Waals surface area contributed by atoms with Crippen LogP contribution in [-0.4, -0.2) is 23.3 Å². The van der Waals surface area contributed by atoms with E-state index in [9.17, 15) is 0 Å². The minimum absolute atomic E-state index is 0.262. The van der Waals surface area contributed by atoms with E-state index in [4.69, 9.17) is 15.0 Å². The molecule has 1 aliphatic carbocycles. The molecular weight excluding hydrogens is 266 g/mol. The third-order valence-corrected chi connectivity index (χ3v) is 4.04. The zero-order chi connectivity index (χ0) is 14.7. The standard InChI is InChI=1S/C16H21N3O2/c1-20-14-7-2-4-11(8-14)9-15-18-16(21-19-15)12-5-3-6-13(17)10-12/h2,4,7-8,12-13H,3,5-6,9-10,17H2,1H3. The van der Waals surface area contributed by atoms with Crippen LogP contribution in [0, 0.1) is 0 Å². The highest BCUT2D eigenvalue weighted by molar-refractivity contribution is 5.30. The van der Waals surface area contributed by atoms with Gasteiger partial charge in [-0.2, -0.15) is 4.98 Å². The number of nitrogens with two attached hydrogens (primary N) is 1. The molecule has 21 heavy (non-hydrogen) atoms. The van der Waals surface area contributed by atoms with Crippen LogP contribution >= 0.6 is 0 Å². The minimum atomic E-state index is 0.262. The Balaban J connectivity index is 1.69. The predicted molar refractivity (Wildman–Crippen MR) is 79.3 cm³/mol. The first kappa shape index (κ1) is 14.1. The van der Waals surface area contributed by atoms with Crippen LogP contribution in [0.5, 0.6) is 5.75 Å². The van der Waals surface area contributed by atoms with Gasteiger partial charge in [0.05, 0.1) is 7.11 Å². The Morgan fingerprint density at radius 1 is 1.38 bits per heavy atom. The molecule has 1 heterocycles. The molecule has 112 valence electrons. The number of aromatic nitrogens is 2. The van der Waals surface area contributed by atoms with Crippen molar-refractivity contribution in [3.8, 4) is 5.75 Å². The van der Waals surface area contributed by atoms with Gasteiger partial charge in [0.25, 0.3) is 0 Å². The predicted octanol–water partition coefficient (Wildman–Crippen LogP) is 2.65. The van der Waals surface area contributed by atoms with E-state index < -0.39 is 0 Å². The first-order chi connectivity index (χ1) is 10.2. The molecule has 1 aromatic heterocycles. The van der Waals surface area contributed by atoms with Crippen molar-refractivity contribution < 1.29 is 9.26 Å². The Bertz CT molecular complexity index is 597. The second kappa shape index (κ2) is 6.26. The second-order valence-corrected chi connectivity index (χ2v) is 5.70. The molecule has 1 saturated carbocycles. The molecule has 1 fully saturated rings. The number of methoxy groups -OCH3 is 1. The average Bonchev–Trinajstić information content (AvgIpc) is 2.96. The molecule has 0 saturated heterocycles. The average molecular weight is 287 g/mol. The van der Waals surface area contributed by atoms with Crippen LogP contribution in [0.15, 0.2) is 28.8 Å². The van der Waals surface area contributed by atoms with Crippen molar-refractivity contribution in [3.05, 3.63) is 41.5 Å². The van der Waals surface area contributed by atoms with Crippen molar-refractivity contribution in [2.45, 2.75) is 44.1 Å². The molecule has 0 spiro atoms. The molecule has 1 aliphatic rings. The van der Waals surface area contributed by atoms with Crippen LogP contribution in [0.1, 0.15) is 48.9 Å². The summed E-state index contributed by atoms with van der Waals surface area (Å²) >= 11 is 0. The summed E-state index contributed by atoms with van der Waals surface area (Å²) in [6.07, 6.45) is 4.93. The summed E-state index contributed by atoms with van der Waals surface area (Å²) in [5.74, 6) is 2.62. The smallest absolute Gasteiger partial charge is 0.229 e. The van der Waals surface area contributed by atoms with Gasteiger partial charge in [-0.15, -0.1) is 0 Å². The van der Waals surface area contributed by atoms with Gasteiger partial charge in [-0.25, -0.2) is 0 Å². The summed E-state index contributed by atoms with van der Waals surface area (Å²) in [5, 5.41) is 4.10. The Morgan fingerprint density at radius 2 is 2.29 bits per heavy atom. The lowest BCUT2D eigenvalue weighted by molar-refractivity contribution is 0.297. The first-order valence-corrected chi connectivity index (χ1v) is 7.45. The Labute approximate surface area is 124 Å². The number of benzene rings is 1. The zero-order valence-corrected chi connectivity index (χ0v) is 12.3. The highest BCUT2D eigenvalue weighted by Gasteiger charge is 2.25. The largest absolute Gasteiger partial charge is 0.497 e. The van der Waals surface area contributed by atoms with Gasteiger partial charge in [0.1, 0.15) is 5.75 Å². The lowest BCUT2D eigenvalue weighted by atomic mass is 9.86. The number of rotatable bonds is 4. The number of nitrogens with zero attached hydrogens (tertiary/aromatic N) is 2. The topological polar surface area (TPSA) is 74.2 Å². The Hall–Kier alpha value is -1.88. The van der Waals surface area contributed by atoms with E-state index in [0.29, 0.717) is 12.3 Å². The molecule has 0 aliphatic heterocycles. The molecular formula is C16H21N3O2. The minimum Gasteiger partial charge on any atom is -0.497 e. The second-order valence-electron chi connectivity index (χ2n) is 5.70. The number of hydrogen-bond donors (Lipinski definition) is 1. The molecule has 2 N–H and O–H groups in total. The van der Waals surface area contributed by atoms with Gasteiger partial charge in [0, 0.05) is 18.4 Å². The lowest BCUT2D eigenvalue weighted by Gasteiger charge is -2.23. The van der Waals surface area contributed by atoms with Crippen LogP contribution < -0.4 is 10.5 Å². The highest BCUT2D eigenvalue weighted by atomic mass is 16.5. The van der Waals surface area contributed by atoms with E-state index >= 15 is 0 Å². The van der Waals surface area contributed by atoms with Crippen molar-refractivity contribution in [1.82, 2.24) is 10.1 Å². The highest BCUT2D eigenvalue weighted by Crippen LogP contribution is 2.31. The van der Waals surface area contributed by atoms with E-state index in [-0.39, 0.29) is 6.04 Å². The summed E-state index contributed by atoms with van der Waals surface area (Å²) in [7, 11) is 1.66. The SMILES string of the molecule is COc1cccc(Cc2noc(C3CCCC(N)C3)n2)c1. The van der Waals surface area contributed by atoms with Gasteiger partial charge in [-0.3, -0.25) is 0 Å². The normalized spacial score (nSPS) is 22.2. The summed E-state index contributed by atoms with van der Waals surface area (Å²) < 4.78 is 10.7. The molecule has 5 heteroatoms. The maximum Gasteiger partial charge on any atom is 0.229 e. The summed E-state index contributed by atoms with van der Waals surface area (Å²) in [4.78, 5) is 4.54. The maximum absolute atomic E-state index is 6.02. The van der Waals surface area contributed by atoms with Crippen LogP contribution in [-0.2, 0) is 6.42 Å². The van der Waals surface area contributed by atoms with Crippen molar-refractivity contribution in [3.63, 3.8) is 0 Å². The molecule has 0 bridgehead atoms. The van der Waals surface area contributed by atoms with E-state index in [1.165, 1.54) is 0 Å². The van der Waals surface area contributed by atoms with Crippen LogP contribution in [0.3, 0.4) is 0 Å². The number of hydrogen-bond acceptors (Lipinski definition) is 5. The van der Waals surface area contributed by atoms with Crippen molar-refractivity contribution in [2.24, 2.45) is 5.73 Å². The fourth-order valence-corrected chi connectivity index (χ4v) is 2.92. The zero-order valence-electron chi connectivity index (χ0n) is 12.3. The van der Waals surface area contributed by atoms with Gasteiger partial charge in [-0.1, -0.05) is 23.7 Å². The van der Waals surface area contributed by atoms with E-state index in [0.717, 1.165) is 48.7 Å². The van der Waals surface area contributed by atoms with Gasteiger partial charge in [-0.05, 0) is 37.0 Å². The molecule has 2 aromatic rings. The molecule has 0 amide bonds. The summed E-state index contributed by atoms with van der Waals surface area (Å²) in [6.45, 7) is 0. The van der Waals surface area contributed by atoms with Crippen LogP contribution in [0.2, 0.25) is 0 Å². The third-order valence-electron chi connectivity index (χ3n) is 4.04.